The normalized spacial score (nSPS) is 69.0. The van der Waals surface area contributed by atoms with Crippen molar-refractivity contribution in [2.75, 3.05) is 6.16 Å². The maximum Gasteiger partial charge on any atom is 0.0791 e. The van der Waals surface area contributed by atoms with Crippen molar-refractivity contribution < 1.29 is 0 Å². The van der Waals surface area contributed by atoms with E-state index in [0.717, 1.165) is 10.3 Å². The zero-order valence-electron chi connectivity index (χ0n) is 21.2. The van der Waals surface area contributed by atoms with Gasteiger partial charge in [-0.1, -0.05) is 13.3 Å². The van der Waals surface area contributed by atoms with Gasteiger partial charge in [0.05, 0.1) is 16.5 Å². The lowest BCUT2D eigenvalue weighted by molar-refractivity contribution is -0.202. The van der Waals surface area contributed by atoms with Gasteiger partial charge in [-0.3, -0.25) is 0 Å². The Bertz CT molecular complexity index is 698. The molecule has 16 bridgehead atoms. The Kier molecular flexibility index (Phi) is 3.61. The zero-order chi connectivity index (χ0) is 21.3. The minimum Gasteiger partial charge on any atom is -0.0652 e. The van der Waals surface area contributed by atoms with E-state index in [2.05, 4.69) is 6.92 Å². The van der Waals surface area contributed by atoms with Crippen molar-refractivity contribution in [2.24, 2.45) is 82.9 Å². The first kappa shape index (κ1) is 19.5. The van der Waals surface area contributed by atoms with Crippen molar-refractivity contribution in [3.8, 4) is 0 Å². The highest BCUT2D eigenvalue weighted by Gasteiger charge is 2.76. The van der Waals surface area contributed by atoms with Gasteiger partial charge in [0.2, 0.25) is 0 Å². The molecule has 14 aliphatic carbocycles. The summed E-state index contributed by atoms with van der Waals surface area (Å²) in [7, 11) is -0.268. The van der Waals surface area contributed by atoms with Crippen LogP contribution in [0.4, 0.5) is 0 Å². The first-order valence-corrected chi connectivity index (χ1v) is 17.7. The summed E-state index contributed by atoms with van der Waals surface area (Å²) in [4.78, 5) is 0. The molecule has 14 aliphatic rings. The maximum absolute atomic E-state index is 2.51. The van der Waals surface area contributed by atoms with E-state index in [1.165, 1.54) is 89.3 Å². The first-order chi connectivity index (χ1) is 16.2. The molecule has 0 nitrogen and oxygen atoms in total. The Labute approximate surface area is 203 Å². The molecule has 0 heterocycles. The lowest BCUT2D eigenvalue weighted by Crippen LogP contribution is -2.70. The third-order valence-corrected chi connectivity index (χ3v) is 20.7. The largest absolute Gasteiger partial charge is 0.0791 e. The molecule has 0 N–H and O–H groups in total. The fourth-order valence-corrected chi connectivity index (χ4v) is 21.8. The van der Waals surface area contributed by atoms with Gasteiger partial charge in [-0.2, -0.15) is 0 Å². The van der Waals surface area contributed by atoms with E-state index < -0.39 is 0 Å². The first-order valence-electron chi connectivity index (χ1n) is 16.0. The van der Waals surface area contributed by atoms with Crippen LogP contribution >= 0.6 is 7.92 Å². The van der Waals surface area contributed by atoms with Crippen molar-refractivity contribution in [3.05, 3.63) is 0 Å². The molecule has 0 aromatic heterocycles. The summed E-state index contributed by atoms with van der Waals surface area (Å²) in [5.74, 6) is 17.0. The highest BCUT2D eigenvalue weighted by Crippen LogP contribution is 2.85. The lowest BCUT2D eigenvalue weighted by atomic mass is 9.35. The highest BCUT2D eigenvalue weighted by molar-refractivity contribution is 7.61. The molecule has 0 spiro atoms. The van der Waals surface area contributed by atoms with Crippen LogP contribution in [-0.2, 0) is 0 Å². The molecule has 0 atom stereocenters. The van der Waals surface area contributed by atoms with Gasteiger partial charge < -0.3 is 0 Å². The van der Waals surface area contributed by atoms with E-state index in [4.69, 9.17) is 0 Å². The fraction of sp³-hybridized carbons (Fsp3) is 1.00. The van der Waals surface area contributed by atoms with Gasteiger partial charge in [0.25, 0.3) is 0 Å². The predicted molar refractivity (Wildman–Crippen MR) is 138 cm³/mol. The van der Waals surface area contributed by atoms with Crippen LogP contribution in [0, 0.1) is 82.9 Å². The molecular formula is C32H48P+. The Balaban J connectivity index is 1.06. The molecule has 14 rings (SSSR count). The molecule has 33 heavy (non-hydrogen) atoms. The lowest BCUT2D eigenvalue weighted by Gasteiger charge is -2.75. The SMILES string of the molecule is CCCC[PH+](C12CC3C4CC5CC3C(C1)C(C5)C4C2)C12CC3C4CC5CC3C(C1)C(C5)C4C2. The monoisotopic (exact) mass is 463 g/mol. The van der Waals surface area contributed by atoms with Crippen LogP contribution in [-0.4, -0.2) is 16.5 Å². The van der Waals surface area contributed by atoms with Gasteiger partial charge in [-0.15, -0.1) is 0 Å². The van der Waals surface area contributed by atoms with E-state index in [0.29, 0.717) is 0 Å². The molecule has 1 heteroatoms. The molecule has 0 saturated heterocycles. The molecule has 0 amide bonds. The van der Waals surface area contributed by atoms with E-state index in [-0.39, 0.29) is 7.92 Å². The smallest absolute Gasteiger partial charge is 0.0652 e. The number of hydrogen-bond donors (Lipinski definition) is 0. The Morgan fingerprint density at radius 3 is 1.06 bits per heavy atom. The molecule has 0 radical (unpaired) electrons. The van der Waals surface area contributed by atoms with Crippen LogP contribution in [0.1, 0.15) is 96.8 Å². The van der Waals surface area contributed by atoms with Crippen molar-refractivity contribution in [1.82, 2.24) is 0 Å². The third kappa shape index (κ3) is 2.14. The van der Waals surface area contributed by atoms with Crippen LogP contribution in [0.15, 0.2) is 0 Å². The van der Waals surface area contributed by atoms with Gasteiger partial charge in [0.1, 0.15) is 0 Å². The number of rotatable bonds is 5. The Morgan fingerprint density at radius 2 is 0.788 bits per heavy atom. The second-order valence-electron chi connectivity index (χ2n) is 16.5. The van der Waals surface area contributed by atoms with Gasteiger partial charge in [0, 0.05) is 7.92 Å². The van der Waals surface area contributed by atoms with Gasteiger partial charge in [-0.05, 0) is 166 Å². The third-order valence-electron chi connectivity index (χ3n) is 16.1. The topological polar surface area (TPSA) is 0 Å². The minimum absolute atomic E-state index is 0.268. The zero-order valence-corrected chi connectivity index (χ0v) is 22.2. The number of unbranched alkanes of at least 4 members (excludes halogenated alkanes) is 1. The van der Waals surface area contributed by atoms with Crippen molar-refractivity contribution in [2.45, 2.75) is 107 Å². The Morgan fingerprint density at radius 1 is 0.485 bits per heavy atom. The molecule has 14 fully saturated rings. The molecule has 14 saturated carbocycles. The molecular weight excluding hydrogens is 415 g/mol. The van der Waals surface area contributed by atoms with E-state index in [9.17, 15) is 0 Å². The summed E-state index contributed by atoms with van der Waals surface area (Å²) in [5, 5.41) is 1.83. The van der Waals surface area contributed by atoms with Crippen molar-refractivity contribution >= 4 is 7.92 Å². The van der Waals surface area contributed by atoms with E-state index in [1.54, 1.807) is 89.6 Å². The van der Waals surface area contributed by atoms with Crippen LogP contribution in [0.3, 0.4) is 0 Å². The average molecular weight is 464 g/mol. The van der Waals surface area contributed by atoms with Crippen molar-refractivity contribution in [3.63, 3.8) is 0 Å². The summed E-state index contributed by atoms with van der Waals surface area (Å²) in [6.45, 7) is 2.51. The molecule has 0 unspecified atom stereocenters. The second-order valence-corrected chi connectivity index (χ2v) is 20.1. The van der Waals surface area contributed by atoms with Gasteiger partial charge >= 0.3 is 0 Å². The highest BCUT2D eigenvalue weighted by atomic mass is 31.1. The fourth-order valence-electron chi connectivity index (χ4n) is 16.0. The molecule has 180 valence electrons. The van der Waals surface area contributed by atoms with E-state index in [1.807, 2.05) is 0 Å². The Hall–Kier alpha value is 0.430. The second kappa shape index (κ2) is 6.11. The average Bonchev–Trinajstić information content (AvgIpc) is 2.84. The summed E-state index contributed by atoms with van der Waals surface area (Å²) in [5.41, 5.74) is 0. The van der Waals surface area contributed by atoms with Gasteiger partial charge in [-0.25, -0.2) is 0 Å². The molecule has 0 aromatic carbocycles. The standard InChI is InChI=1S/C32H47P/c1-2-3-4-33(31-11-25-19-5-17-6-20(25)27(13-31)21(7-17)26(19)12-31)32-14-28-22-8-18-9-23(28)30(16-32)24(10-18)29(22)15-32/h17-30H,2-16H2,1H3/p+1. The van der Waals surface area contributed by atoms with E-state index >= 15 is 0 Å². The summed E-state index contributed by atoms with van der Waals surface area (Å²) in [6.07, 6.45) is 25.5. The van der Waals surface area contributed by atoms with Crippen molar-refractivity contribution in [1.29, 1.82) is 0 Å². The van der Waals surface area contributed by atoms with Gasteiger partial charge in [0.15, 0.2) is 0 Å². The van der Waals surface area contributed by atoms with Crippen LogP contribution in [0.5, 0.6) is 0 Å². The van der Waals surface area contributed by atoms with Crippen LogP contribution < -0.4 is 0 Å². The van der Waals surface area contributed by atoms with Crippen LogP contribution in [0.2, 0.25) is 0 Å². The maximum atomic E-state index is 2.51. The summed E-state index contributed by atoms with van der Waals surface area (Å²) < 4.78 is 0. The minimum atomic E-state index is -0.268. The van der Waals surface area contributed by atoms with Crippen LogP contribution in [0.25, 0.3) is 0 Å². The summed E-state index contributed by atoms with van der Waals surface area (Å²) in [6, 6.07) is 0. The molecule has 0 aliphatic heterocycles. The number of hydrogen-bond acceptors (Lipinski definition) is 0. The summed E-state index contributed by atoms with van der Waals surface area (Å²) >= 11 is 0. The molecule has 0 aromatic rings. The predicted octanol–water partition coefficient (Wildman–Crippen LogP) is 7.92. The quantitative estimate of drug-likeness (QED) is 0.363.